The van der Waals surface area contributed by atoms with E-state index in [4.69, 9.17) is 0 Å². The van der Waals surface area contributed by atoms with Gasteiger partial charge in [0, 0.05) is 28.5 Å². The molecule has 0 aliphatic carbocycles. The van der Waals surface area contributed by atoms with Gasteiger partial charge in [-0.1, -0.05) is 55.5 Å². The summed E-state index contributed by atoms with van der Waals surface area (Å²) in [6, 6.07) is 33.1. The summed E-state index contributed by atoms with van der Waals surface area (Å²) in [5.41, 5.74) is 7.86. The first-order valence-corrected chi connectivity index (χ1v) is 14.2. The van der Waals surface area contributed by atoms with Crippen LogP contribution in [-0.2, 0) is 9.53 Å². The summed E-state index contributed by atoms with van der Waals surface area (Å²) < 4.78 is 4.64. The lowest BCUT2D eigenvalue weighted by atomic mass is 10.1. The van der Waals surface area contributed by atoms with Crippen LogP contribution in [0.15, 0.2) is 97.1 Å². The molecule has 0 radical (unpaired) electrons. The molecule has 2 aromatic carbocycles. The van der Waals surface area contributed by atoms with E-state index in [9.17, 15) is 4.79 Å². The molecule has 0 amide bonds. The van der Waals surface area contributed by atoms with E-state index in [1.54, 1.807) is 0 Å². The molecule has 8 bridgehead atoms. The molecular formula is C36H34N4O2. The highest BCUT2D eigenvalue weighted by atomic mass is 16.5. The summed E-state index contributed by atoms with van der Waals surface area (Å²) in [6.45, 7) is 4.27. The molecule has 210 valence electrons. The summed E-state index contributed by atoms with van der Waals surface area (Å²) in [4.78, 5) is 26.4. The van der Waals surface area contributed by atoms with E-state index >= 15 is 0 Å². The molecule has 7 rings (SSSR count). The molecule has 3 aromatic heterocycles. The van der Waals surface area contributed by atoms with Gasteiger partial charge < -0.3 is 14.7 Å². The minimum absolute atomic E-state index is 0.0880. The predicted molar refractivity (Wildman–Crippen MR) is 174 cm³/mol. The lowest BCUT2D eigenvalue weighted by Crippen LogP contribution is -2.01. The second-order valence-corrected chi connectivity index (χ2v) is 9.81. The van der Waals surface area contributed by atoms with Crippen LogP contribution in [0.25, 0.3) is 57.1 Å². The number of ether oxygens (including phenoxy) is 1. The molecule has 0 spiro atoms. The number of nitrogens with zero attached hydrogens (tertiary/aromatic N) is 2. The topological polar surface area (TPSA) is 83.7 Å². The number of carbonyl (C=O) groups is 1. The Kier molecular flexibility index (Phi) is 9.37. The van der Waals surface area contributed by atoms with Gasteiger partial charge in [0.2, 0.25) is 0 Å². The normalized spacial score (nSPS) is 11.3. The van der Waals surface area contributed by atoms with Crippen molar-refractivity contribution in [3.63, 3.8) is 0 Å². The quantitative estimate of drug-likeness (QED) is 0.214. The van der Waals surface area contributed by atoms with Gasteiger partial charge in [-0.05, 0) is 97.0 Å². The van der Waals surface area contributed by atoms with Crippen molar-refractivity contribution in [2.24, 2.45) is 0 Å². The first-order valence-electron chi connectivity index (χ1n) is 14.2. The molecule has 5 heterocycles. The second kappa shape index (κ2) is 13.9. The molecule has 0 saturated heterocycles. The van der Waals surface area contributed by atoms with Gasteiger partial charge in [-0.3, -0.25) is 4.79 Å². The zero-order valence-electron chi connectivity index (χ0n) is 23.9. The number of benzene rings is 2. The molecule has 0 saturated carbocycles. The van der Waals surface area contributed by atoms with Gasteiger partial charge in [0.15, 0.2) is 0 Å². The summed E-state index contributed by atoms with van der Waals surface area (Å²) in [6.07, 6.45) is 9.51. The van der Waals surface area contributed by atoms with E-state index in [1.165, 1.54) is 10.8 Å². The predicted octanol–water partition coefficient (Wildman–Crippen LogP) is 8.85. The van der Waals surface area contributed by atoms with E-state index in [0.29, 0.717) is 13.0 Å². The third kappa shape index (κ3) is 7.92. The van der Waals surface area contributed by atoms with Crippen LogP contribution >= 0.6 is 0 Å². The number of fused-ring (bicyclic) bond motifs is 9. The lowest BCUT2D eigenvalue weighted by Gasteiger charge is -1.96. The van der Waals surface area contributed by atoms with Gasteiger partial charge in [-0.15, -0.1) is 0 Å². The summed E-state index contributed by atoms with van der Waals surface area (Å²) in [5, 5.41) is 2.62. The summed E-state index contributed by atoms with van der Waals surface area (Å²) in [7, 11) is 0. The molecule has 0 fully saturated rings. The van der Waals surface area contributed by atoms with Crippen molar-refractivity contribution < 1.29 is 9.53 Å². The third-order valence-electron chi connectivity index (χ3n) is 6.46. The van der Waals surface area contributed by atoms with Crippen LogP contribution in [0.5, 0.6) is 0 Å². The Hall–Kier alpha value is -5.23. The molecule has 2 aliphatic rings. The van der Waals surface area contributed by atoms with Gasteiger partial charge >= 0.3 is 5.97 Å². The fourth-order valence-electron chi connectivity index (χ4n) is 4.51. The fraction of sp³-hybridized carbons (Fsp3) is 0.139. The van der Waals surface area contributed by atoms with Crippen LogP contribution in [0.4, 0.5) is 0 Å². The molecule has 6 nitrogen and oxygen atoms in total. The van der Waals surface area contributed by atoms with E-state index in [-0.39, 0.29) is 5.97 Å². The van der Waals surface area contributed by atoms with Crippen LogP contribution in [0, 0.1) is 0 Å². The van der Waals surface area contributed by atoms with Crippen molar-refractivity contribution in [1.82, 2.24) is 19.9 Å². The molecular weight excluding hydrogens is 520 g/mol. The zero-order valence-corrected chi connectivity index (χ0v) is 23.9. The maximum Gasteiger partial charge on any atom is 0.305 e. The van der Waals surface area contributed by atoms with Crippen LogP contribution in [0.2, 0.25) is 0 Å². The Morgan fingerprint density at radius 3 is 1.26 bits per heavy atom. The molecule has 2 aliphatic heterocycles. The fourth-order valence-corrected chi connectivity index (χ4v) is 4.51. The van der Waals surface area contributed by atoms with Crippen molar-refractivity contribution in [2.45, 2.75) is 26.7 Å². The molecule has 2 N–H and O–H groups in total. The average molecular weight is 555 g/mol. The van der Waals surface area contributed by atoms with Crippen molar-refractivity contribution in [2.75, 3.05) is 6.61 Å². The van der Waals surface area contributed by atoms with Crippen molar-refractivity contribution in [3.8, 4) is 0 Å². The standard InChI is InChI=1S/C20H14N4.C10H8.C6H12O2/c1-2-14-10-16-5-6-18(23-16)12-20-8-7-19(24-20)11-17-4-3-15(22-17)9-13(1)21-14;1-2-6-10-8-4-3-7-9(10)5-1;1-3-5-6(7)8-4-2/h1-12,21,24H;1-8H;3-5H2,1-2H3. The van der Waals surface area contributed by atoms with Gasteiger partial charge in [-0.25, -0.2) is 9.97 Å². The largest absolute Gasteiger partial charge is 0.466 e. The number of rotatable bonds is 3. The highest BCUT2D eigenvalue weighted by Gasteiger charge is 2.01. The van der Waals surface area contributed by atoms with E-state index < -0.39 is 0 Å². The van der Waals surface area contributed by atoms with E-state index in [0.717, 1.165) is 51.3 Å². The van der Waals surface area contributed by atoms with Gasteiger partial charge in [-0.2, -0.15) is 0 Å². The van der Waals surface area contributed by atoms with Crippen LogP contribution < -0.4 is 0 Å². The summed E-state index contributed by atoms with van der Waals surface area (Å²) in [5.74, 6) is -0.0880. The lowest BCUT2D eigenvalue weighted by molar-refractivity contribution is -0.143. The van der Waals surface area contributed by atoms with Crippen LogP contribution in [-0.4, -0.2) is 32.5 Å². The first-order chi connectivity index (χ1) is 20.6. The van der Waals surface area contributed by atoms with Gasteiger partial charge in [0.25, 0.3) is 0 Å². The number of H-pyrrole nitrogens is 2. The Morgan fingerprint density at radius 1 is 0.595 bits per heavy atom. The Morgan fingerprint density at radius 2 is 0.952 bits per heavy atom. The SMILES string of the molecule is C1=Cc2cc3ccc(cc4nc(cc5ccc(cc1n2)[nH]5)C=C4)[nH]3.CCCC(=O)OCC.c1ccc2ccccc2c1. The number of aromatic amines is 2. The minimum Gasteiger partial charge on any atom is -0.466 e. The van der Waals surface area contributed by atoms with Crippen molar-refractivity contribution in [1.29, 1.82) is 0 Å². The second-order valence-electron chi connectivity index (χ2n) is 9.81. The Labute approximate surface area is 245 Å². The van der Waals surface area contributed by atoms with Crippen molar-refractivity contribution in [3.05, 3.63) is 120 Å². The Balaban J connectivity index is 0.000000161. The molecule has 5 aromatic rings. The number of hydrogen-bond donors (Lipinski definition) is 2. The highest BCUT2D eigenvalue weighted by Crippen LogP contribution is 2.17. The number of aromatic nitrogens is 4. The summed E-state index contributed by atoms with van der Waals surface area (Å²) >= 11 is 0. The number of hydrogen-bond acceptors (Lipinski definition) is 4. The molecule has 6 heteroatoms. The van der Waals surface area contributed by atoms with E-state index in [2.05, 4.69) is 97.5 Å². The van der Waals surface area contributed by atoms with Crippen LogP contribution in [0.3, 0.4) is 0 Å². The molecule has 0 atom stereocenters. The number of esters is 1. The Bertz CT molecular complexity index is 1650. The maximum atomic E-state index is 10.4. The average Bonchev–Trinajstić information content (AvgIpc) is 3.81. The van der Waals surface area contributed by atoms with E-state index in [1.807, 2.05) is 62.4 Å². The third-order valence-corrected chi connectivity index (χ3v) is 6.46. The number of nitrogens with one attached hydrogen (secondary N) is 2. The highest BCUT2D eigenvalue weighted by molar-refractivity contribution is 5.82. The van der Waals surface area contributed by atoms with Gasteiger partial charge in [0.1, 0.15) is 0 Å². The molecule has 0 unspecified atom stereocenters. The minimum atomic E-state index is -0.0880. The molecule has 42 heavy (non-hydrogen) atoms. The van der Waals surface area contributed by atoms with Crippen LogP contribution in [0.1, 0.15) is 49.5 Å². The monoisotopic (exact) mass is 554 g/mol. The maximum absolute atomic E-state index is 10.4. The van der Waals surface area contributed by atoms with Gasteiger partial charge in [0.05, 0.1) is 29.4 Å². The smallest absolute Gasteiger partial charge is 0.305 e. The first kappa shape index (κ1) is 28.3. The van der Waals surface area contributed by atoms with Crippen molar-refractivity contribution >= 4 is 63.1 Å². The number of carbonyl (C=O) groups excluding carboxylic acids is 1. The zero-order chi connectivity index (χ0) is 29.1.